The first-order valence-electron chi connectivity index (χ1n) is 6.96. The highest BCUT2D eigenvalue weighted by Crippen LogP contribution is 2.38. The summed E-state index contributed by atoms with van der Waals surface area (Å²) in [5, 5.41) is 8.42. The van der Waals surface area contributed by atoms with Gasteiger partial charge in [0.1, 0.15) is 0 Å². The second-order valence-electron chi connectivity index (χ2n) is 5.40. The number of rotatable bonds is 6. The van der Waals surface area contributed by atoms with Crippen LogP contribution in [0.15, 0.2) is 6.07 Å². The van der Waals surface area contributed by atoms with Crippen molar-refractivity contribution >= 4 is 15.9 Å². The summed E-state index contributed by atoms with van der Waals surface area (Å²) in [6.45, 7) is 3.76. The second-order valence-corrected chi connectivity index (χ2v) is 7.24. The van der Waals surface area contributed by atoms with Crippen molar-refractivity contribution in [3.63, 3.8) is 0 Å². The number of aryl methyl sites for hydroxylation is 1. The third-order valence-electron chi connectivity index (χ3n) is 3.59. The summed E-state index contributed by atoms with van der Waals surface area (Å²) in [5.74, 6) is -0.805. The van der Waals surface area contributed by atoms with Crippen molar-refractivity contribution in [1.82, 2.24) is 9.29 Å². The number of sulfonamides is 1. The molecular weight excluding hydrogens is 290 g/mol. The highest BCUT2D eigenvalue weighted by molar-refractivity contribution is 7.90. The fourth-order valence-electron chi connectivity index (χ4n) is 2.49. The molecule has 0 radical (unpaired) electrons. The van der Waals surface area contributed by atoms with Gasteiger partial charge in [0, 0.05) is 23.9 Å². The highest BCUT2D eigenvalue weighted by Gasteiger charge is 2.29. The molecule has 114 valence electrons. The van der Waals surface area contributed by atoms with Crippen molar-refractivity contribution in [3.8, 4) is 6.07 Å². The molecule has 2 rings (SSSR count). The minimum Gasteiger partial charge on any atom is -0.345 e. The molecule has 0 unspecified atom stereocenters. The van der Waals surface area contributed by atoms with E-state index in [-0.39, 0.29) is 18.6 Å². The van der Waals surface area contributed by atoms with E-state index in [1.54, 1.807) is 6.07 Å². The van der Waals surface area contributed by atoms with Gasteiger partial charge >= 0.3 is 0 Å². The first-order chi connectivity index (χ1) is 9.85. The van der Waals surface area contributed by atoms with Gasteiger partial charge in [0.25, 0.3) is 5.91 Å². The fourth-order valence-corrected chi connectivity index (χ4v) is 3.51. The molecule has 1 aliphatic carbocycles. The number of carbonyl (C=O) groups is 1. The van der Waals surface area contributed by atoms with Crippen molar-refractivity contribution in [1.29, 1.82) is 5.26 Å². The van der Waals surface area contributed by atoms with E-state index < -0.39 is 15.9 Å². The van der Waals surface area contributed by atoms with Gasteiger partial charge in [-0.3, -0.25) is 4.79 Å². The number of aromatic nitrogens is 1. The lowest BCUT2D eigenvalue weighted by molar-refractivity contribution is 0.0980. The topological polar surface area (TPSA) is 92.0 Å². The summed E-state index contributed by atoms with van der Waals surface area (Å²) in [5.41, 5.74) is 2.19. The molecule has 1 fully saturated rings. The van der Waals surface area contributed by atoms with E-state index in [9.17, 15) is 13.2 Å². The Morgan fingerprint density at radius 3 is 2.71 bits per heavy atom. The number of nitrogens with zero attached hydrogens (tertiary/aromatic N) is 2. The van der Waals surface area contributed by atoms with Crippen LogP contribution in [-0.4, -0.2) is 24.6 Å². The Bertz CT molecular complexity index is 694. The quantitative estimate of drug-likeness (QED) is 0.811. The monoisotopic (exact) mass is 309 g/mol. The number of hydrogen-bond acceptors (Lipinski definition) is 4. The predicted octanol–water partition coefficient (Wildman–Crippen LogP) is 1.80. The fraction of sp³-hybridized carbons (Fsp3) is 0.571. The van der Waals surface area contributed by atoms with Gasteiger partial charge in [-0.05, 0) is 39.2 Å². The SMILES string of the molecule is Cc1cc(C(=O)NS(=O)(=O)CCCC#N)c(C)n1C1CC1. The number of hydrogen-bond donors (Lipinski definition) is 1. The summed E-state index contributed by atoms with van der Waals surface area (Å²) >= 11 is 0. The van der Waals surface area contributed by atoms with E-state index in [4.69, 9.17) is 5.26 Å². The number of unbranched alkanes of at least 4 members (excludes halogenated alkanes) is 1. The van der Waals surface area contributed by atoms with Gasteiger partial charge in [0.2, 0.25) is 10.0 Å². The zero-order valence-electron chi connectivity index (χ0n) is 12.2. The van der Waals surface area contributed by atoms with Crippen molar-refractivity contribution in [2.45, 2.75) is 45.6 Å². The molecular formula is C14H19N3O3S. The summed E-state index contributed by atoms with van der Waals surface area (Å²) in [6, 6.07) is 4.06. The molecule has 0 aromatic carbocycles. The second kappa shape index (κ2) is 5.90. The van der Waals surface area contributed by atoms with Gasteiger partial charge in [-0.15, -0.1) is 0 Å². The Morgan fingerprint density at radius 2 is 2.14 bits per heavy atom. The van der Waals surface area contributed by atoms with Gasteiger partial charge in [-0.25, -0.2) is 13.1 Å². The average Bonchev–Trinajstić information content (AvgIpc) is 3.15. The van der Waals surface area contributed by atoms with Crippen LogP contribution >= 0.6 is 0 Å². The van der Waals surface area contributed by atoms with Gasteiger partial charge in [0.05, 0.1) is 17.4 Å². The average molecular weight is 309 g/mol. The maximum Gasteiger partial charge on any atom is 0.266 e. The summed E-state index contributed by atoms with van der Waals surface area (Å²) in [6.07, 6.45) is 2.58. The van der Waals surface area contributed by atoms with Crippen LogP contribution in [-0.2, 0) is 10.0 Å². The summed E-state index contributed by atoms with van der Waals surface area (Å²) in [4.78, 5) is 12.2. The third-order valence-corrected chi connectivity index (χ3v) is 4.91. The Hall–Kier alpha value is -1.81. The minimum atomic E-state index is -3.69. The Kier molecular flexibility index (Phi) is 4.37. The predicted molar refractivity (Wildman–Crippen MR) is 78.3 cm³/mol. The number of nitrogens with one attached hydrogen (secondary N) is 1. The van der Waals surface area contributed by atoms with Gasteiger partial charge in [-0.1, -0.05) is 0 Å². The van der Waals surface area contributed by atoms with E-state index in [1.807, 2.05) is 19.9 Å². The Morgan fingerprint density at radius 1 is 1.48 bits per heavy atom. The zero-order chi connectivity index (χ0) is 15.6. The van der Waals surface area contributed by atoms with Crippen molar-refractivity contribution in [2.24, 2.45) is 0 Å². The van der Waals surface area contributed by atoms with Gasteiger partial charge in [0.15, 0.2) is 0 Å². The number of amides is 1. The van der Waals surface area contributed by atoms with E-state index >= 15 is 0 Å². The maximum absolute atomic E-state index is 12.2. The lowest BCUT2D eigenvalue weighted by Crippen LogP contribution is -2.32. The standard InChI is InChI=1S/C14H19N3O3S/c1-10-9-13(11(2)17(10)12-5-6-12)14(18)16-21(19,20)8-4-3-7-15/h9,12H,3-6,8H2,1-2H3,(H,16,18). The van der Waals surface area contributed by atoms with Crippen molar-refractivity contribution in [2.75, 3.05) is 5.75 Å². The van der Waals surface area contributed by atoms with Gasteiger partial charge in [-0.2, -0.15) is 5.26 Å². The zero-order valence-corrected chi connectivity index (χ0v) is 13.0. The van der Waals surface area contributed by atoms with Crippen molar-refractivity contribution < 1.29 is 13.2 Å². The molecule has 0 spiro atoms. The van der Waals surface area contributed by atoms with Crippen LogP contribution in [0, 0.1) is 25.2 Å². The molecule has 1 saturated carbocycles. The molecule has 1 aromatic rings. The smallest absolute Gasteiger partial charge is 0.266 e. The van der Waals surface area contributed by atoms with Crippen LogP contribution in [0.5, 0.6) is 0 Å². The first kappa shape index (κ1) is 15.6. The van der Waals surface area contributed by atoms with Crippen LogP contribution in [0.2, 0.25) is 0 Å². The molecule has 0 aliphatic heterocycles. The molecule has 6 nitrogen and oxygen atoms in total. The van der Waals surface area contributed by atoms with E-state index in [0.717, 1.165) is 24.2 Å². The molecule has 7 heteroatoms. The van der Waals surface area contributed by atoms with Gasteiger partial charge < -0.3 is 4.57 Å². The number of carbonyl (C=O) groups excluding carboxylic acids is 1. The third kappa shape index (κ3) is 3.64. The van der Waals surface area contributed by atoms with Crippen LogP contribution in [0.3, 0.4) is 0 Å². The number of nitriles is 1. The van der Waals surface area contributed by atoms with Crippen LogP contribution in [0.4, 0.5) is 0 Å². The Labute approximate surface area is 124 Å². The summed E-state index contributed by atoms with van der Waals surface area (Å²) < 4.78 is 27.8. The molecule has 0 atom stereocenters. The molecule has 1 heterocycles. The van der Waals surface area contributed by atoms with Crippen molar-refractivity contribution in [3.05, 3.63) is 23.0 Å². The lowest BCUT2D eigenvalue weighted by atomic mass is 10.2. The van der Waals surface area contributed by atoms with E-state index in [1.165, 1.54) is 0 Å². The highest BCUT2D eigenvalue weighted by atomic mass is 32.2. The van der Waals surface area contributed by atoms with Crippen LogP contribution in [0.25, 0.3) is 0 Å². The van der Waals surface area contributed by atoms with E-state index in [2.05, 4.69) is 9.29 Å². The summed E-state index contributed by atoms with van der Waals surface area (Å²) in [7, 11) is -3.69. The normalized spacial score (nSPS) is 14.7. The molecule has 1 aromatic heterocycles. The molecule has 1 N–H and O–H groups in total. The minimum absolute atomic E-state index is 0.158. The maximum atomic E-state index is 12.2. The Balaban J connectivity index is 2.10. The first-order valence-corrected chi connectivity index (χ1v) is 8.61. The molecule has 0 saturated heterocycles. The lowest BCUT2D eigenvalue weighted by Gasteiger charge is -2.08. The molecule has 1 aliphatic rings. The molecule has 0 bridgehead atoms. The van der Waals surface area contributed by atoms with E-state index in [0.29, 0.717) is 11.6 Å². The molecule has 21 heavy (non-hydrogen) atoms. The van der Waals surface area contributed by atoms with Crippen LogP contribution in [0.1, 0.15) is 53.5 Å². The molecule has 1 amide bonds. The largest absolute Gasteiger partial charge is 0.345 e. The van der Waals surface area contributed by atoms with Crippen LogP contribution < -0.4 is 4.72 Å².